The number of hydrogen-bond donors (Lipinski definition) is 2. The molecule has 0 fully saturated rings. The molecule has 0 bridgehead atoms. The van der Waals surface area contributed by atoms with Gasteiger partial charge in [-0.25, -0.2) is 9.59 Å². The van der Waals surface area contributed by atoms with Crippen molar-refractivity contribution in [2.75, 3.05) is 18.5 Å². The molecule has 22 heavy (non-hydrogen) atoms. The number of hydrogen-bond acceptors (Lipinski definition) is 3. The number of nitrogens with one attached hydrogen (secondary N) is 2. The van der Waals surface area contributed by atoms with Crippen molar-refractivity contribution in [3.05, 3.63) is 42.0 Å². The Hall–Kier alpha value is -2.30. The largest absolute Gasteiger partial charge is 0.460 e. The topological polar surface area (TPSA) is 67.4 Å². The van der Waals surface area contributed by atoms with E-state index in [1.807, 2.05) is 24.3 Å². The molecule has 0 heterocycles. The maximum atomic E-state index is 11.7. The number of rotatable bonds is 7. The monoisotopic (exact) mass is 304 g/mol. The number of carbonyl (C=O) groups excluding carboxylic acids is 2. The van der Waals surface area contributed by atoms with Gasteiger partial charge in [0.1, 0.15) is 6.61 Å². The number of esters is 1. The zero-order chi connectivity index (χ0) is 16.5. The Kier molecular flexibility index (Phi) is 7.16. The Bertz CT molecular complexity index is 523. The minimum absolute atomic E-state index is 0.117. The number of anilines is 1. The molecule has 0 aliphatic carbocycles. The molecule has 0 spiro atoms. The molecular formula is C17H24N2O3. The van der Waals surface area contributed by atoms with Crippen molar-refractivity contribution in [3.63, 3.8) is 0 Å². The molecule has 0 saturated heterocycles. The molecule has 1 unspecified atom stereocenters. The number of carbonyl (C=O) groups is 2. The summed E-state index contributed by atoms with van der Waals surface area (Å²) in [4.78, 5) is 22.8. The second-order valence-corrected chi connectivity index (χ2v) is 5.23. The lowest BCUT2D eigenvalue weighted by molar-refractivity contribution is -0.138. The zero-order valence-corrected chi connectivity index (χ0v) is 13.4. The third-order valence-electron chi connectivity index (χ3n) is 3.32. The molecule has 120 valence electrons. The van der Waals surface area contributed by atoms with E-state index < -0.39 is 5.97 Å². The van der Waals surface area contributed by atoms with Gasteiger partial charge in [0, 0.05) is 11.3 Å². The molecule has 5 nitrogen and oxygen atoms in total. The van der Waals surface area contributed by atoms with Crippen LogP contribution in [0.25, 0.3) is 0 Å². The highest BCUT2D eigenvalue weighted by molar-refractivity contribution is 5.89. The molecule has 0 aliphatic rings. The lowest BCUT2D eigenvalue weighted by atomic mass is 9.99. The third-order valence-corrected chi connectivity index (χ3v) is 3.32. The van der Waals surface area contributed by atoms with Gasteiger partial charge in [-0.05, 0) is 37.0 Å². The predicted octanol–water partition coefficient (Wildman–Crippen LogP) is 3.44. The highest BCUT2D eigenvalue weighted by Crippen LogP contribution is 2.20. The SMILES string of the molecule is C=C(C)C(=O)OCCNC(=O)Nc1ccc(C(C)CC)cc1. The average Bonchev–Trinajstić information content (AvgIpc) is 2.51. The van der Waals surface area contributed by atoms with Crippen molar-refractivity contribution < 1.29 is 14.3 Å². The average molecular weight is 304 g/mol. The van der Waals surface area contributed by atoms with Gasteiger partial charge >= 0.3 is 12.0 Å². The quantitative estimate of drug-likeness (QED) is 0.460. The van der Waals surface area contributed by atoms with Gasteiger partial charge in [0.2, 0.25) is 0 Å². The van der Waals surface area contributed by atoms with Crippen LogP contribution in [0.1, 0.15) is 38.7 Å². The molecule has 0 saturated carbocycles. The summed E-state index contributed by atoms with van der Waals surface area (Å²) in [7, 11) is 0. The number of urea groups is 1. The van der Waals surface area contributed by atoms with Crippen LogP contribution in [0.5, 0.6) is 0 Å². The van der Waals surface area contributed by atoms with E-state index in [1.54, 1.807) is 6.92 Å². The van der Waals surface area contributed by atoms with E-state index >= 15 is 0 Å². The van der Waals surface area contributed by atoms with Crippen LogP contribution in [0.3, 0.4) is 0 Å². The van der Waals surface area contributed by atoms with Crippen LogP contribution < -0.4 is 10.6 Å². The first-order valence-electron chi connectivity index (χ1n) is 7.41. The first-order chi connectivity index (χ1) is 10.4. The number of benzene rings is 1. The molecule has 0 radical (unpaired) electrons. The Balaban J connectivity index is 2.33. The summed E-state index contributed by atoms with van der Waals surface area (Å²) in [5.41, 5.74) is 2.31. The Morgan fingerprint density at radius 2 is 1.91 bits per heavy atom. The molecule has 0 aliphatic heterocycles. The summed E-state index contributed by atoms with van der Waals surface area (Å²) in [5, 5.41) is 5.35. The van der Waals surface area contributed by atoms with Crippen molar-refractivity contribution in [2.24, 2.45) is 0 Å². The van der Waals surface area contributed by atoms with Crippen LogP contribution in [0, 0.1) is 0 Å². The van der Waals surface area contributed by atoms with E-state index in [1.165, 1.54) is 5.56 Å². The highest BCUT2D eigenvalue weighted by Gasteiger charge is 2.06. The van der Waals surface area contributed by atoms with E-state index in [0.29, 0.717) is 11.5 Å². The maximum Gasteiger partial charge on any atom is 0.333 e. The van der Waals surface area contributed by atoms with E-state index in [4.69, 9.17) is 4.74 Å². The fourth-order valence-corrected chi connectivity index (χ4v) is 1.74. The van der Waals surface area contributed by atoms with E-state index in [0.717, 1.165) is 12.1 Å². The molecule has 1 rings (SSSR count). The van der Waals surface area contributed by atoms with Gasteiger partial charge < -0.3 is 15.4 Å². The van der Waals surface area contributed by atoms with Crippen molar-refractivity contribution >= 4 is 17.7 Å². The van der Waals surface area contributed by atoms with Crippen molar-refractivity contribution in [2.45, 2.75) is 33.1 Å². The molecule has 0 aromatic heterocycles. The Labute approximate surface area is 131 Å². The molecule has 5 heteroatoms. The summed E-state index contributed by atoms with van der Waals surface area (Å²) in [6, 6.07) is 7.45. The van der Waals surface area contributed by atoms with E-state index in [9.17, 15) is 9.59 Å². The summed E-state index contributed by atoms with van der Waals surface area (Å²) in [6.45, 7) is 9.73. The number of amides is 2. The van der Waals surface area contributed by atoms with E-state index in [2.05, 4.69) is 31.1 Å². The lowest BCUT2D eigenvalue weighted by Gasteiger charge is -2.11. The van der Waals surface area contributed by atoms with Gasteiger partial charge in [0.15, 0.2) is 0 Å². The first kappa shape index (κ1) is 17.8. The summed E-state index contributed by atoms with van der Waals surface area (Å²) >= 11 is 0. The standard InChI is InChI=1S/C17H24N2O3/c1-5-13(4)14-6-8-15(9-7-14)19-17(21)18-10-11-22-16(20)12(2)3/h6-9,13H,2,5,10-11H2,1,3-4H3,(H2,18,19,21). The molecule has 1 aromatic carbocycles. The third kappa shape index (κ3) is 5.99. The van der Waals surface area contributed by atoms with Gasteiger partial charge in [-0.15, -0.1) is 0 Å². The minimum atomic E-state index is -0.456. The Morgan fingerprint density at radius 1 is 1.27 bits per heavy atom. The van der Waals surface area contributed by atoms with Crippen LogP contribution in [0.4, 0.5) is 10.5 Å². The normalized spacial score (nSPS) is 11.4. The van der Waals surface area contributed by atoms with Crippen LogP contribution >= 0.6 is 0 Å². The van der Waals surface area contributed by atoms with Crippen LogP contribution in [0.15, 0.2) is 36.4 Å². The van der Waals surface area contributed by atoms with Crippen LogP contribution in [-0.4, -0.2) is 25.2 Å². The van der Waals surface area contributed by atoms with Gasteiger partial charge in [-0.1, -0.05) is 32.6 Å². The van der Waals surface area contributed by atoms with Crippen LogP contribution in [-0.2, 0) is 9.53 Å². The van der Waals surface area contributed by atoms with Crippen molar-refractivity contribution in [1.82, 2.24) is 5.32 Å². The fourth-order valence-electron chi connectivity index (χ4n) is 1.74. The van der Waals surface area contributed by atoms with E-state index in [-0.39, 0.29) is 19.2 Å². The smallest absolute Gasteiger partial charge is 0.333 e. The molecule has 1 atom stereocenters. The Morgan fingerprint density at radius 3 is 2.45 bits per heavy atom. The number of ether oxygens (including phenoxy) is 1. The molecule has 1 aromatic rings. The van der Waals surface area contributed by atoms with Gasteiger partial charge in [-0.3, -0.25) is 0 Å². The fraction of sp³-hybridized carbons (Fsp3) is 0.412. The molecule has 2 amide bonds. The van der Waals surface area contributed by atoms with Crippen molar-refractivity contribution in [3.8, 4) is 0 Å². The second-order valence-electron chi connectivity index (χ2n) is 5.23. The second kappa shape index (κ2) is 8.87. The van der Waals surface area contributed by atoms with Crippen molar-refractivity contribution in [1.29, 1.82) is 0 Å². The highest BCUT2D eigenvalue weighted by atomic mass is 16.5. The summed E-state index contributed by atoms with van der Waals surface area (Å²) in [5.74, 6) is 0.0497. The lowest BCUT2D eigenvalue weighted by Crippen LogP contribution is -2.32. The van der Waals surface area contributed by atoms with Gasteiger partial charge in [-0.2, -0.15) is 0 Å². The predicted molar refractivity (Wildman–Crippen MR) is 87.9 cm³/mol. The molecule has 2 N–H and O–H groups in total. The first-order valence-corrected chi connectivity index (χ1v) is 7.41. The summed E-state index contributed by atoms with van der Waals surface area (Å²) in [6.07, 6.45) is 1.08. The van der Waals surface area contributed by atoms with Crippen LogP contribution in [0.2, 0.25) is 0 Å². The van der Waals surface area contributed by atoms with Gasteiger partial charge in [0.05, 0.1) is 6.54 Å². The zero-order valence-electron chi connectivity index (χ0n) is 13.4. The minimum Gasteiger partial charge on any atom is -0.460 e. The molecular weight excluding hydrogens is 280 g/mol. The van der Waals surface area contributed by atoms with Gasteiger partial charge in [0.25, 0.3) is 0 Å². The summed E-state index contributed by atoms with van der Waals surface area (Å²) < 4.78 is 4.88. The maximum absolute atomic E-state index is 11.7.